The molecular weight excluding hydrogens is 146 g/mol. The van der Waals surface area contributed by atoms with Crippen molar-refractivity contribution in [1.29, 1.82) is 0 Å². The highest BCUT2D eigenvalue weighted by molar-refractivity contribution is 5.24. The summed E-state index contributed by atoms with van der Waals surface area (Å²) in [5.41, 5.74) is 0. The maximum absolute atomic E-state index is 4.12. The maximum Gasteiger partial charge on any atom is 0.0495 e. The first kappa shape index (κ1) is 9.76. The number of aliphatic imine (C=N–C) groups is 1. The molecule has 1 aliphatic carbocycles. The van der Waals surface area contributed by atoms with Crippen molar-refractivity contribution >= 4 is 6.72 Å². The number of hydrogen-bond donors (Lipinski definition) is 0. The van der Waals surface area contributed by atoms with Crippen molar-refractivity contribution in [3.8, 4) is 0 Å². The van der Waals surface area contributed by atoms with Gasteiger partial charge in [-0.2, -0.15) is 0 Å². The number of hydrogen-bond acceptors (Lipinski definition) is 1. The molecule has 0 saturated heterocycles. The first-order valence-electron chi connectivity index (χ1n) is 5.32. The monoisotopic (exact) mass is 167 g/mol. The molecule has 0 spiro atoms. The summed E-state index contributed by atoms with van der Waals surface area (Å²) in [5.74, 6) is 0.965. The summed E-state index contributed by atoms with van der Waals surface area (Å²) in [6.45, 7) is 5.89. The fourth-order valence-corrected chi connectivity index (χ4v) is 2.16. The van der Waals surface area contributed by atoms with Crippen LogP contribution in [0.5, 0.6) is 0 Å². The van der Waals surface area contributed by atoms with E-state index in [1.54, 1.807) is 0 Å². The van der Waals surface area contributed by atoms with E-state index in [1.807, 2.05) is 0 Å². The molecule has 1 fully saturated rings. The molecular formula is C11H21N. The molecule has 1 nitrogen and oxygen atoms in total. The SMILES string of the molecule is C=NC1CCC(CCCCC)C1. The summed E-state index contributed by atoms with van der Waals surface area (Å²) in [6, 6.07) is 0.594. The topological polar surface area (TPSA) is 12.4 Å². The molecule has 0 aromatic carbocycles. The Bertz CT molecular complexity index is 131. The molecule has 0 aromatic heterocycles. The average molecular weight is 167 g/mol. The van der Waals surface area contributed by atoms with Crippen LogP contribution >= 0.6 is 0 Å². The molecule has 1 rings (SSSR count). The van der Waals surface area contributed by atoms with E-state index < -0.39 is 0 Å². The third-order valence-electron chi connectivity index (χ3n) is 2.99. The van der Waals surface area contributed by atoms with Gasteiger partial charge < -0.3 is 0 Å². The van der Waals surface area contributed by atoms with Gasteiger partial charge in [0.05, 0.1) is 0 Å². The molecule has 1 saturated carbocycles. The highest BCUT2D eigenvalue weighted by atomic mass is 14.8. The van der Waals surface area contributed by atoms with Gasteiger partial charge in [0.2, 0.25) is 0 Å². The number of rotatable bonds is 5. The van der Waals surface area contributed by atoms with Crippen molar-refractivity contribution in [2.45, 2.75) is 57.9 Å². The van der Waals surface area contributed by atoms with Crippen molar-refractivity contribution in [2.75, 3.05) is 0 Å². The van der Waals surface area contributed by atoms with E-state index in [-0.39, 0.29) is 0 Å². The van der Waals surface area contributed by atoms with Gasteiger partial charge in [0, 0.05) is 6.04 Å². The summed E-state index contributed by atoms with van der Waals surface area (Å²) < 4.78 is 0. The molecule has 1 aliphatic rings. The summed E-state index contributed by atoms with van der Waals surface area (Å²) in [6.07, 6.45) is 9.60. The van der Waals surface area contributed by atoms with Gasteiger partial charge in [-0.05, 0) is 31.9 Å². The van der Waals surface area contributed by atoms with Gasteiger partial charge in [-0.15, -0.1) is 0 Å². The molecule has 0 N–H and O–H groups in total. The molecule has 2 atom stereocenters. The van der Waals surface area contributed by atoms with Crippen LogP contribution in [0.2, 0.25) is 0 Å². The molecule has 0 aliphatic heterocycles. The van der Waals surface area contributed by atoms with Gasteiger partial charge in [0.25, 0.3) is 0 Å². The summed E-state index contributed by atoms with van der Waals surface area (Å²) >= 11 is 0. The zero-order valence-corrected chi connectivity index (χ0v) is 8.26. The lowest BCUT2D eigenvalue weighted by molar-refractivity contribution is 0.466. The largest absolute Gasteiger partial charge is 0.298 e. The minimum Gasteiger partial charge on any atom is -0.298 e. The highest BCUT2D eigenvalue weighted by Crippen LogP contribution is 2.31. The molecule has 0 bridgehead atoms. The molecule has 0 radical (unpaired) electrons. The lowest BCUT2D eigenvalue weighted by Gasteiger charge is -2.07. The Kier molecular flexibility index (Phi) is 4.34. The fourth-order valence-electron chi connectivity index (χ4n) is 2.16. The molecule has 0 heterocycles. The van der Waals surface area contributed by atoms with Crippen LogP contribution in [0.4, 0.5) is 0 Å². The minimum atomic E-state index is 0.594. The normalized spacial score (nSPS) is 29.1. The van der Waals surface area contributed by atoms with E-state index in [9.17, 15) is 0 Å². The Morgan fingerprint density at radius 3 is 2.75 bits per heavy atom. The van der Waals surface area contributed by atoms with Crippen molar-refractivity contribution in [3.63, 3.8) is 0 Å². The Morgan fingerprint density at radius 1 is 1.33 bits per heavy atom. The van der Waals surface area contributed by atoms with Crippen LogP contribution < -0.4 is 0 Å². The first-order chi connectivity index (χ1) is 5.86. The maximum atomic E-state index is 4.12. The highest BCUT2D eigenvalue weighted by Gasteiger charge is 2.22. The summed E-state index contributed by atoms with van der Waals surface area (Å²) in [4.78, 5) is 4.12. The Morgan fingerprint density at radius 2 is 2.17 bits per heavy atom. The number of unbranched alkanes of at least 4 members (excludes halogenated alkanes) is 2. The van der Waals surface area contributed by atoms with Crippen LogP contribution in [0, 0.1) is 5.92 Å². The predicted octanol–water partition coefficient (Wildman–Crippen LogP) is 3.44. The van der Waals surface area contributed by atoms with Gasteiger partial charge >= 0.3 is 0 Å². The average Bonchev–Trinajstić information content (AvgIpc) is 2.53. The van der Waals surface area contributed by atoms with E-state index in [0.717, 1.165) is 5.92 Å². The van der Waals surface area contributed by atoms with Gasteiger partial charge in [-0.1, -0.05) is 32.6 Å². The van der Waals surface area contributed by atoms with Gasteiger partial charge in [0.1, 0.15) is 0 Å². The Balaban J connectivity index is 2.06. The zero-order chi connectivity index (χ0) is 8.81. The molecule has 0 amide bonds. The van der Waals surface area contributed by atoms with Gasteiger partial charge in [0.15, 0.2) is 0 Å². The lowest BCUT2D eigenvalue weighted by Crippen LogP contribution is -1.98. The lowest BCUT2D eigenvalue weighted by atomic mass is 10.00. The van der Waals surface area contributed by atoms with E-state index in [0.29, 0.717) is 6.04 Å². The quantitative estimate of drug-likeness (QED) is 0.439. The van der Waals surface area contributed by atoms with Crippen LogP contribution in [-0.4, -0.2) is 12.8 Å². The fraction of sp³-hybridized carbons (Fsp3) is 0.909. The standard InChI is InChI=1S/C11H21N/c1-3-4-5-6-10-7-8-11(9-10)12-2/h10-11H,2-9H2,1H3. The van der Waals surface area contributed by atoms with Crippen LogP contribution in [-0.2, 0) is 0 Å². The van der Waals surface area contributed by atoms with Crippen molar-refractivity contribution in [3.05, 3.63) is 0 Å². The second kappa shape index (κ2) is 5.34. The van der Waals surface area contributed by atoms with Crippen LogP contribution in [0.1, 0.15) is 51.9 Å². The molecule has 12 heavy (non-hydrogen) atoms. The third kappa shape index (κ3) is 2.96. The molecule has 1 heteroatoms. The predicted molar refractivity (Wildman–Crippen MR) is 54.8 cm³/mol. The smallest absolute Gasteiger partial charge is 0.0495 e. The van der Waals surface area contributed by atoms with E-state index in [4.69, 9.17) is 0 Å². The minimum absolute atomic E-state index is 0.594. The van der Waals surface area contributed by atoms with E-state index in [1.165, 1.54) is 44.9 Å². The summed E-state index contributed by atoms with van der Waals surface area (Å²) in [7, 11) is 0. The second-order valence-corrected chi connectivity index (χ2v) is 4.01. The summed E-state index contributed by atoms with van der Waals surface area (Å²) in [5, 5.41) is 0. The van der Waals surface area contributed by atoms with Crippen molar-refractivity contribution < 1.29 is 0 Å². The van der Waals surface area contributed by atoms with Crippen molar-refractivity contribution in [2.24, 2.45) is 10.9 Å². The van der Waals surface area contributed by atoms with Crippen molar-refractivity contribution in [1.82, 2.24) is 0 Å². The molecule has 70 valence electrons. The molecule has 0 aromatic rings. The van der Waals surface area contributed by atoms with Gasteiger partial charge in [-0.25, -0.2) is 0 Å². The van der Waals surface area contributed by atoms with Crippen LogP contribution in [0.15, 0.2) is 4.99 Å². The molecule has 2 unspecified atom stereocenters. The van der Waals surface area contributed by atoms with Crippen LogP contribution in [0.3, 0.4) is 0 Å². The third-order valence-corrected chi connectivity index (χ3v) is 2.99. The van der Waals surface area contributed by atoms with Crippen LogP contribution in [0.25, 0.3) is 0 Å². The Hall–Kier alpha value is -0.330. The second-order valence-electron chi connectivity index (χ2n) is 4.01. The van der Waals surface area contributed by atoms with E-state index in [2.05, 4.69) is 18.6 Å². The zero-order valence-electron chi connectivity index (χ0n) is 8.26. The van der Waals surface area contributed by atoms with Gasteiger partial charge in [-0.3, -0.25) is 4.99 Å². The number of nitrogens with zero attached hydrogens (tertiary/aromatic N) is 1. The Labute approximate surface area is 76.3 Å². The first-order valence-corrected chi connectivity index (χ1v) is 5.32. The van der Waals surface area contributed by atoms with E-state index >= 15 is 0 Å².